The van der Waals surface area contributed by atoms with Gasteiger partial charge in [-0.05, 0) is 54.8 Å². The fourth-order valence-electron chi connectivity index (χ4n) is 3.39. The van der Waals surface area contributed by atoms with Crippen molar-refractivity contribution in [1.29, 1.82) is 0 Å². The van der Waals surface area contributed by atoms with Crippen molar-refractivity contribution in [3.8, 4) is 5.69 Å². The van der Waals surface area contributed by atoms with Crippen LogP contribution < -0.4 is 5.32 Å². The molecule has 9 heteroatoms. The third-order valence-corrected chi connectivity index (χ3v) is 6.28. The molecule has 1 aromatic carbocycles. The summed E-state index contributed by atoms with van der Waals surface area (Å²) in [4.78, 5) is 14.8. The molecule has 2 heterocycles. The van der Waals surface area contributed by atoms with Crippen LogP contribution in [0.3, 0.4) is 0 Å². The van der Waals surface area contributed by atoms with E-state index < -0.39 is 0 Å². The summed E-state index contributed by atoms with van der Waals surface area (Å²) in [6.07, 6.45) is 3.44. The van der Waals surface area contributed by atoms with Gasteiger partial charge in [0.05, 0.1) is 24.7 Å². The van der Waals surface area contributed by atoms with Gasteiger partial charge in [-0.15, -0.1) is 5.10 Å². The van der Waals surface area contributed by atoms with Crippen LogP contribution in [0.25, 0.3) is 5.69 Å². The SMILES string of the molecule is CCCCc1ccc(-n2nnnc2SCC(=O)NCC(C)(C)N2CCOCC2)cc1. The van der Waals surface area contributed by atoms with Crippen molar-refractivity contribution >= 4 is 17.7 Å². The maximum absolute atomic E-state index is 12.4. The highest BCUT2D eigenvalue weighted by Crippen LogP contribution is 2.19. The highest BCUT2D eigenvalue weighted by atomic mass is 32.2. The molecule has 0 spiro atoms. The number of nitrogens with one attached hydrogen (secondary N) is 1. The number of rotatable bonds is 10. The molecule has 0 aliphatic carbocycles. The largest absolute Gasteiger partial charge is 0.379 e. The average Bonchev–Trinajstić information content (AvgIpc) is 3.24. The van der Waals surface area contributed by atoms with Crippen molar-refractivity contribution in [3.63, 3.8) is 0 Å². The molecule has 3 rings (SSSR count). The van der Waals surface area contributed by atoms with E-state index in [-0.39, 0.29) is 17.2 Å². The number of carbonyl (C=O) groups is 1. The molecule has 1 fully saturated rings. The lowest BCUT2D eigenvalue weighted by Crippen LogP contribution is -2.55. The molecule has 1 amide bonds. The van der Waals surface area contributed by atoms with Gasteiger partial charge in [-0.3, -0.25) is 9.69 Å². The van der Waals surface area contributed by atoms with Crippen molar-refractivity contribution < 1.29 is 9.53 Å². The van der Waals surface area contributed by atoms with E-state index in [0.717, 1.165) is 38.4 Å². The van der Waals surface area contributed by atoms with Gasteiger partial charge in [0, 0.05) is 25.2 Å². The molecule has 0 radical (unpaired) electrons. The predicted octanol–water partition coefficient (Wildman–Crippen LogP) is 2.32. The lowest BCUT2D eigenvalue weighted by Gasteiger charge is -2.40. The van der Waals surface area contributed by atoms with E-state index in [1.54, 1.807) is 4.68 Å². The third kappa shape index (κ3) is 6.26. The molecule has 0 atom stereocenters. The number of unbranched alkanes of at least 4 members (excludes halogenated alkanes) is 1. The third-order valence-electron chi connectivity index (χ3n) is 5.36. The first kappa shape index (κ1) is 22.7. The van der Waals surface area contributed by atoms with E-state index in [9.17, 15) is 4.79 Å². The summed E-state index contributed by atoms with van der Waals surface area (Å²) in [6, 6.07) is 8.27. The number of tetrazole rings is 1. The van der Waals surface area contributed by atoms with Crippen molar-refractivity contribution in [2.75, 3.05) is 38.6 Å². The first-order chi connectivity index (χ1) is 14.5. The van der Waals surface area contributed by atoms with E-state index in [4.69, 9.17) is 4.74 Å². The Morgan fingerprint density at radius 2 is 1.97 bits per heavy atom. The van der Waals surface area contributed by atoms with Crippen LogP contribution in [0.4, 0.5) is 0 Å². The Morgan fingerprint density at radius 1 is 1.23 bits per heavy atom. The number of aromatic nitrogens is 4. The van der Waals surface area contributed by atoms with Gasteiger partial charge in [0.2, 0.25) is 11.1 Å². The summed E-state index contributed by atoms with van der Waals surface area (Å²) >= 11 is 1.34. The fourth-order valence-corrected chi connectivity index (χ4v) is 4.11. The van der Waals surface area contributed by atoms with Gasteiger partial charge in [0.25, 0.3) is 0 Å². The molecule has 0 unspecified atom stereocenters. The number of nitrogens with zero attached hydrogens (tertiary/aromatic N) is 5. The Balaban J connectivity index is 1.50. The Hall–Kier alpha value is -1.97. The molecular formula is C21H32N6O2S. The second kappa shape index (κ2) is 10.9. The van der Waals surface area contributed by atoms with Crippen LogP contribution in [0.1, 0.15) is 39.2 Å². The van der Waals surface area contributed by atoms with Crippen molar-refractivity contribution in [2.24, 2.45) is 0 Å². The second-order valence-electron chi connectivity index (χ2n) is 8.12. The summed E-state index contributed by atoms with van der Waals surface area (Å²) in [6.45, 7) is 10.4. The van der Waals surface area contributed by atoms with Crippen LogP contribution in [0.2, 0.25) is 0 Å². The van der Waals surface area contributed by atoms with Crippen molar-refractivity contribution in [2.45, 2.75) is 50.7 Å². The van der Waals surface area contributed by atoms with Crippen LogP contribution >= 0.6 is 11.8 Å². The lowest BCUT2D eigenvalue weighted by molar-refractivity contribution is -0.119. The van der Waals surface area contributed by atoms with Gasteiger partial charge in [-0.2, -0.15) is 4.68 Å². The summed E-state index contributed by atoms with van der Waals surface area (Å²) in [7, 11) is 0. The summed E-state index contributed by atoms with van der Waals surface area (Å²) in [5, 5.41) is 15.6. The first-order valence-electron chi connectivity index (χ1n) is 10.6. The number of thioether (sulfide) groups is 1. The highest BCUT2D eigenvalue weighted by Gasteiger charge is 2.28. The van der Waals surface area contributed by atoms with Gasteiger partial charge < -0.3 is 10.1 Å². The van der Waals surface area contributed by atoms with Gasteiger partial charge >= 0.3 is 0 Å². The second-order valence-corrected chi connectivity index (χ2v) is 9.06. The summed E-state index contributed by atoms with van der Waals surface area (Å²) in [5.41, 5.74) is 2.10. The average molecular weight is 433 g/mol. The topological polar surface area (TPSA) is 85.2 Å². The molecular weight excluding hydrogens is 400 g/mol. The number of amides is 1. The van der Waals surface area contributed by atoms with Gasteiger partial charge in [0.15, 0.2) is 0 Å². The number of ether oxygens (including phenoxy) is 1. The predicted molar refractivity (Wildman–Crippen MR) is 118 cm³/mol. The maximum atomic E-state index is 12.4. The minimum absolute atomic E-state index is 0.0224. The Bertz CT molecular complexity index is 802. The summed E-state index contributed by atoms with van der Waals surface area (Å²) in [5.74, 6) is 0.250. The zero-order valence-corrected chi connectivity index (χ0v) is 19.0. The van der Waals surface area contributed by atoms with E-state index >= 15 is 0 Å². The molecule has 1 saturated heterocycles. The quantitative estimate of drug-likeness (QED) is 0.577. The highest BCUT2D eigenvalue weighted by molar-refractivity contribution is 7.99. The number of carbonyl (C=O) groups excluding carboxylic acids is 1. The minimum atomic E-state index is -0.106. The monoisotopic (exact) mass is 432 g/mol. The summed E-state index contributed by atoms with van der Waals surface area (Å²) < 4.78 is 7.10. The molecule has 164 valence electrons. The van der Waals surface area contributed by atoms with Crippen LogP contribution in [0.15, 0.2) is 29.4 Å². The molecule has 1 aliphatic rings. The Kier molecular flexibility index (Phi) is 8.24. The number of morpholine rings is 1. The van der Waals surface area contributed by atoms with Gasteiger partial charge in [-0.25, -0.2) is 0 Å². The van der Waals surface area contributed by atoms with Crippen LogP contribution in [0.5, 0.6) is 0 Å². The van der Waals surface area contributed by atoms with Crippen molar-refractivity contribution in [1.82, 2.24) is 30.4 Å². The molecule has 8 nitrogen and oxygen atoms in total. The number of benzene rings is 1. The molecule has 1 aromatic heterocycles. The zero-order chi connectivity index (χ0) is 21.4. The number of hydrogen-bond donors (Lipinski definition) is 1. The standard InChI is InChI=1S/C21H32N6O2S/c1-4-5-6-17-7-9-18(10-8-17)27-20(23-24-25-27)30-15-19(28)22-16-21(2,3)26-11-13-29-14-12-26/h7-10H,4-6,11-16H2,1-3H3,(H,22,28). The first-order valence-corrected chi connectivity index (χ1v) is 11.6. The molecule has 1 N–H and O–H groups in total. The van der Waals surface area contributed by atoms with E-state index in [1.165, 1.54) is 30.2 Å². The zero-order valence-electron chi connectivity index (χ0n) is 18.1. The van der Waals surface area contributed by atoms with Crippen molar-refractivity contribution in [3.05, 3.63) is 29.8 Å². The Labute approximate surface area is 182 Å². The molecule has 1 aliphatic heterocycles. The Morgan fingerprint density at radius 3 is 2.67 bits per heavy atom. The molecule has 30 heavy (non-hydrogen) atoms. The van der Waals surface area contributed by atoms with Crippen LogP contribution in [0, 0.1) is 0 Å². The molecule has 0 bridgehead atoms. The fraction of sp³-hybridized carbons (Fsp3) is 0.619. The number of aryl methyl sites for hydroxylation is 1. The van der Waals surface area contributed by atoms with Gasteiger partial charge in [0.1, 0.15) is 0 Å². The molecule has 2 aromatic rings. The lowest BCUT2D eigenvalue weighted by atomic mass is 10.0. The normalized spacial score (nSPS) is 15.3. The van der Waals surface area contributed by atoms with E-state index in [1.807, 2.05) is 12.1 Å². The smallest absolute Gasteiger partial charge is 0.230 e. The maximum Gasteiger partial charge on any atom is 0.230 e. The van der Waals surface area contributed by atoms with Crippen LogP contribution in [-0.4, -0.2) is 75.2 Å². The van der Waals surface area contributed by atoms with E-state index in [2.05, 4.69) is 58.6 Å². The van der Waals surface area contributed by atoms with E-state index in [0.29, 0.717) is 11.7 Å². The minimum Gasteiger partial charge on any atom is -0.379 e. The van der Waals surface area contributed by atoms with Gasteiger partial charge in [-0.1, -0.05) is 37.2 Å². The molecule has 0 saturated carbocycles. The number of hydrogen-bond acceptors (Lipinski definition) is 7. The van der Waals surface area contributed by atoms with Crippen LogP contribution in [-0.2, 0) is 16.0 Å².